The fraction of sp³-hybridized carbons (Fsp3) is 0.455. The Kier molecular flexibility index (Phi) is 4.78. The summed E-state index contributed by atoms with van der Waals surface area (Å²) >= 11 is 0. The van der Waals surface area contributed by atoms with Crippen LogP contribution in [-0.2, 0) is 6.61 Å². The Morgan fingerprint density at radius 2 is 1.92 bits per heavy atom. The minimum absolute atomic E-state index is 0.347. The van der Waals surface area contributed by atoms with Crippen molar-refractivity contribution in [2.24, 2.45) is 5.92 Å². The predicted molar refractivity (Wildman–Crippen MR) is 98.3 cm³/mol. The summed E-state index contributed by atoms with van der Waals surface area (Å²) in [6, 6.07) is 19.1. The van der Waals surface area contributed by atoms with E-state index in [4.69, 9.17) is 4.74 Å². The van der Waals surface area contributed by atoms with Gasteiger partial charge in [0.15, 0.2) is 0 Å². The molecule has 132 valence electrons. The van der Waals surface area contributed by atoms with Gasteiger partial charge in [-0.2, -0.15) is 0 Å². The van der Waals surface area contributed by atoms with Crippen LogP contribution in [0.4, 0.5) is 0 Å². The van der Waals surface area contributed by atoms with Crippen molar-refractivity contribution in [1.29, 1.82) is 0 Å². The van der Waals surface area contributed by atoms with Gasteiger partial charge in [-0.15, -0.1) is 0 Å². The predicted octanol–water partition coefficient (Wildman–Crippen LogP) is 3.20. The summed E-state index contributed by atoms with van der Waals surface area (Å²) in [6.45, 7) is 1.60. The van der Waals surface area contributed by atoms with Gasteiger partial charge in [-0.05, 0) is 30.5 Å². The van der Waals surface area contributed by atoms with Crippen molar-refractivity contribution in [2.45, 2.75) is 50.4 Å². The molecule has 3 N–H and O–H groups in total. The van der Waals surface area contributed by atoms with Crippen LogP contribution < -0.4 is 10.1 Å². The molecule has 1 aliphatic carbocycles. The van der Waals surface area contributed by atoms with Gasteiger partial charge < -0.3 is 15.2 Å². The number of rotatable bonds is 4. The van der Waals surface area contributed by atoms with E-state index in [2.05, 4.69) is 35.6 Å². The van der Waals surface area contributed by atoms with Crippen LogP contribution >= 0.6 is 0 Å². The lowest BCUT2D eigenvalue weighted by molar-refractivity contribution is -0.719. The van der Waals surface area contributed by atoms with Crippen LogP contribution in [0.5, 0.6) is 5.75 Å². The van der Waals surface area contributed by atoms with E-state index in [0.717, 1.165) is 31.6 Å². The van der Waals surface area contributed by atoms with Gasteiger partial charge in [0, 0.05) is 17.9 Å². The van der Waals surface area contributed by atoms with Crippen LogP contribution in [0.2, 0.25) is 0 Å². The van der Waals surface area contributed by atoms with E-state index in [1.165, 1.54) is 24.0 Å². The third kappa shape index (κ3) is 3.58. The van der Waals surface area contributed by atoms with Crippen molar-refractivity contribution in [1.82, 2.24) is 0 Å². The summed E-state index contributed by atoms with van der Waals surface area (Å²) in [4.78, 5) is 0. The molecule has 1 aliphatic heterocycles. The first-order valence-electron chi connectivity index (χ1n) is 9.57. The van der Waals surface area contributed by atoms with Crippen LogP contribution in [0.3, 0.4) is 0 Å². The molecule has 0 bridgehead atoms. The van der Waals surface area contributed by atoms with Crippen LogP contribution in [0.25, 0.3) is 0 Å². The van der Waals surface area contributed by atoms with Gasteiger partial charge in [0.05, 0.1) is 12.1 Å². The van der Waals surface area contributed by atoms with Crippen molar-refractivity contribution < 1.29 is 15.2 Å². The summed E-state index contributed by atoms with van der Waals surface area (Å²) < 4.78 is 6.01. The van der Waals surface area contributed by atoms with Gasteiger partial charge in [-0.1, -0.05) is 55.3 Å². The molecule has 1 heterocycles. The first kappa shape index (κ1) is 16.6. The first-order valence-corrected chi connectivity index (χ1v) is 9.57. The lowest BCUT2D eigenvalue weighted by Gasteiger charge is -2.46. The molecule has 0 aromatic heterocycles. The number of quaternary nitrogens is 1. The van der Waals surface area contributed by atoms with E-state index in [0.29, 0.717) is 18.6 Å². The topological polar surface area (TPSA) is 46.1 Å². The van der Waals surface area contributed by atoms with E-state index < -0.39 is 5.60 Å². The average molecular weight is 338 g/mol. The molecule has 1 saturated heterocycles. The second-order valence-electron chi connectivity index (χ2n) is 7.60. The molecule has 3 atom stereocenters. The summed E-state index contributed by atoms with van der Waals surface area (Å²) in [6.07, 6.45) is 5.43. The monoisotopic (exact) mass is 338 g/mol. The number of piperidine rings is 1. The van der Waals surface area contributed by atoms with Gasteiger partial charge in [0.1, 0.15) is 18.4 Å². The van der Waals surface area contributed by atoms with Crippen molar-refractivity contribution in [3.8, 4) is 5.75 Å². The number of hydrogen-bond acceptors (Lipinski definition) is 2. The molecule has 2 aromatic carbocycles. The van der Waals surface area contributed by atoms with Crippen molar-refractivity contribution in [3.63, 3.8) is 0 Å². The third-order valence-electron chi connectivity index (χ3n) is 5.99. The highest BCUT2D eigenvalue weighted by atomic mass is 16.5. The summed E-state index contributed by atoms with van der Waals surface area (Å²) in [5.74, 6) is 1.28. The molecule has 0 radical (unpaired) electrons. The van der Waals surface area contributed by atoms with E-state index in [-0.39, 0.29) is 0 Å². The SMILES string of the molecule is O[C@]12CCCC[C@H]1[C@@H](c1cccc(OCc3ccccc3)c1)[NH2+]CC2. The van der Waals surface area contributed by atoms with Gasteiger partial charge >= 0.3 is 0 Å². The number of benzene rings is 2. The molecule has 25 heavy (non-hydrogen) atoms. The number of ether oxygens (including phenoxy) is 1. The molecule has 0 amide bonds. The van der Waals surface area contributed by atoms with Gasteiger partial charge in [0.25, 0.3) is 0 Å². The summed E-state index contributed by atoms with van der Waals surface area (Å²) in [7, 11) is 0. The second kappa shape index (κ2) is 7.19. The van der Waals surface area contributed by atoms with E-state index >= 15 is 0 Å². The Bertz CT molecular complexity index is 698. The minimum atomic E-state index is -0.460. The molecule has 1 saturated carbocycles. The molecule has 0 spiro atoms. The largest absolute Gasteiger partial charge is 0.489 e. The number of aliphatic hydroxyl groups is 1. The fourth-order valence-corrected chi connectivity index (χ4v) is 4.67. The smallest absolute Gasteiger partial charge is 0.120 e. The molecule has 0 unspecified atom stereocenters. The van der Waals surface area contributed by atoms with Crippen molar-refractivity contribution in [3.05, 3.63) is 65.7 Å². The number of fused-ring (bicyclic) bond motifs is 1. The highest BCUT2D eigenvalue weighted by Gasteiger charge is 2.48. The highest BCUT2D eigenvalue weighted by Crippen LogP contribution is 2.43. The molecule has 3 nitrogen and oxygen atoms in total. The normalized spacial score (nSPS) is 29.0. The zero-order chi connectivity index (χ0) is 17.1. The lowest BCUT2D eigenvalue weighted by Crippen LogP contribution is -2.91. The quantitative estimate of drug-likeness (QED) is 0.899. The third-order valence-corrected chi connectivity index (χ3v) is 5.99. The molecule has 2 aromatic rings. The maximum atomic E-state index is 11.1. The zero-order valence-electron chi connectivity index (χ0n) is 14.7. The van der Waals surface area contributed by atoms with Crippen LogP contribution in [0, 0.1) is 5.92 Å². The van der Waals surface area contributed by atoms with Gasteiger partial charge in [0.2, 0.25) is 0 Å². The van der Waals surface area contributed by atoms with Gasteiger partial charge in [-0.25, -0.2) is 0 Å². The first-order chi connectivity index (χ1) is 12.2. The van der Waals surface area contributed by atoms with Crippen molar-refractivity contribution >= 4 is 0 Å². The molecule has 4 rings (SSSR count). The standard InChI is InChI=1S/C22H27NO2/c24-22-12-5-4-11-20(22)21(23-14-13-22)18-9-6-10-19(15-18)25-16-17-7-2-1-3-8-17/h1-3,6-10,15,20-21,23-24H,4-5,11-14,16H2/p+1/t20-,21+,22-/m0/s1. The molecule has 2 aliphatic rings. The summed E-state index contributed by atoms with van der Waals surface area (Å²) in [5, 5.41) is 13.5. The molecular formula is C22H28NO2+. The Labute approximate surface area is 150 Å². The van der Waals surface area contributed by atoms with Crippen LogP contribution in [0.15, 0.2) is 54.6 Å². The highest BCUT2D eigenvalue weighted by molar-refractivity contribution is 5.31. The maximum Gasteiger partial charge on any atom is 0.120 e. The average Bonchev–Trinajstić information content (AvgIpc) is 2.66. The van der Waals surface area contributed by atoms with Crippen LogP contribution in [-0.4, -0.2) is 17.3 Å². The van der Waals surface area contributed by atoms with Gasteiger partial charge in [-0.3, -0.25) is 0 Å². The maximum absolute atomic E-state index is 11.1. The van der Waals surface area contributed by atoms with E-state index in [1.54, 1.807) is 0 Å². The Balaban J connectivity index is 1.50. The number of hydrogen-bond donors (Lipinski definition) is 2. The van der Waals surface area contributed by atoms with Crippen molar-refractivity contribution in [2.75, 3.05) is 6.54 Å². The number of nitrogens with two attached hydrogens (primary N) is 1. The minimum Gasteiger partial charge on any atom is -0.489 e. The second-order valence-corrected chi connectivity index (χ2v) is 7.60. The van der Waals surface area contributed by atoms with Crippen LogP contribution in [0.1, 0.15) is 49.3 Å². The van der Waals surface area contributed by atoms with E-state index in [9.17, 15) is 5.11 Å². The fourth-order valence-electron chi connectivity index (χ4n) is 4.67. The lowest BCUT2D eigenvalue weighted by atomic mass is 9.67. The molecule has 2 fully saturated rings. The Hall–Kier alpha value is -1.84. The zero-order valence-corrected chi connectivity index (χ0v) is 14.7. The Morgan fingerprint density at radius 1 is 1.04 bits per heavy atom. The summed E-state index contributed by atoms with van der Waals surface area (Å²) in [5.41, 5.74) is 2.01. The molecule has 3 heteroatoms. The van der Waals surface area contributed by atoms with E-state index in [1.807, 2.05) is 24.3 Å². The Morgan fingerprint density at radius 3 is 2.80 bits per heavy atom. The molecular weight excluding hydrogens is 310 g/mol.